The Kier molecular flexibility index (Phi) is 6.76. The van der Waals surface area contributed by atoms with Gasteiger partial charge in [0, 0.05) is 17.8 Å². The Balaban J connectivity index is 1.40. The monoisotopic (exact) mass is 465 g/mol. The number of carbonyl (C=O) groups is 1. The van der Waals surface area contributed by atoms with Gasteiger partial charge in [-0.25, -0.2) is 9.19 Å². The molecular formula is C24H23N3O3S2. The first-order chi connectivity index (χ1) is 15.4. The van der Waals surface area contributed by atoms with Gasteiger partial charge in [0.1, 0.15) is 5.01 Å². The Morgan fingerprint density at radius 3 is 2.41 bits per heavy atom. The van der Waals surface area contributed by atoms with E-state index in [0.717, 1.165) is 31.9 Å². The van der Waals surface area contributed by atoms with Crippen LogP contribution in [0.5, 0.6) is 0 Å². The first kappa shape index (κ1) is 22.3. The van der Waals surface area contributed by atoms with Crippen LogP contribution in [0.25, 0.3) is 20.8 Å². The molecule has 0 saturated heterocycles. The molecule has 0 bridgehead atoms. The number of hydrogen-bond acceptors (Lipinski definition) is 4. The minimum Gasteiger partial charge on any atom is -0.325 e. The average Bonchev–Trinajstić information content (AvgIpc) is 3.18. The minimum atomic E-state index is -2.26. The van der Waals surface area contributed by atoms with E-state index in [1.54, 1.807) is 11.3 Å². The molecule has 3 aromatic carbocycles. The van der Waals surface area contributed by atoms with Crippen molar-refractivity contribution in [3.63, 3.8) is 0 Å². The van der Waals surface area contributed by atoms with Gasteiger partial charge in [0.15, 0.2) is 0 Å². The quantitative estimate of drug-likeness (QED) is 0.370. The molecular weight excluding hydrogens is 442 g/mol. The third kappa shape index (κ3) is 5.46. The predicted molar refractivity (Wildman–Crippen MR) is 131 cm³/mol. The van der Waals surface area contributed by atoms with Crippen LogP contribution in [0.1, 0.15) is 16.7 Å². The summed E-state index contributed by atoms with van der Waals surface area (Å²) in [5.41, 5.74) is 5.73. The van der Waals surface area contributed by atoms with E-state index in [2.05, 4.69) is 23.3 Å². The van der Waals surface area contributed by atoms with E-state index in [1.807, 2.05) is 67.6 Å². The standard InChI is InChI=1S/C24H23N3O3S2/c1-16-3-6-18(7-4-16)14-27(32(29)30)15-23(28)25-20-10-8-19(9-11-20)24-26-21-12-5-17(2)13-22(21)31-24/h3-13H,14-15H2,1-2H3,(H,25,28)(H,29,30). The molecule has 6 nitrogen and oxygen atoms in total. The van der Waals surface area contributed by atoms with E-state index in [0.29, 0.717) is 5.69 Å². The number of rotatable bonds is 7. The van der Waals surface area contributed by atoms with Gasteiger partial charge in [-0.2, -0.15) is 4.31 Å². The van der Waals surface area contributed by atoms with E-state index >= 15 is 0 Å². The zero-order valence-corrected chi connectivity index (χ0v) is 19.4. The number of aryl methyl sites for hydroxylation is 2. The van der Waals surface area contributed by atoms with Crippen LogP contribution in [-0.2, 0) is 22.6 Å². The summed E-state index contributed by atoms with van der Waals surface area (Å²) < 4.78 is 23.6. The maximum atomic E-state index is 12.5. The molecule has 32 heavy (non-hydrogen) atoms. The molecule has 0 saturated carbocycles. The molecule has 0 spiro atoms. The lowest BCUT2D eigenvalue weighted by molar-refractivity contribution is -0.116. The topological polar surface area (TPSA) is 82.5 Å². The van der Waals surface area contributed by atoms with Crippen LogP contribution in [-0.4, -0.2) is 30.5 Å². The molecule has 2 N–H and O–H groups in total. The highest BCUT2D eigenvalue weighted by Gasteiger charge is 2.17. The number of thiazole rings is 1. The van der Waals surface area contributed by atoms with Crippen molar-refractivity contribution in [3.05, 3.63) is 83.4 Å². The van der Waals surface area contributed by atoms with Crippen LogP contribution in [0, 0.1) is 13.8 Å². The van der Waals surface area contributed by atoms with E-state index in [4.69, 9.17) is 0 Å². The molecule has 164 valence electrons. The Hall–Kier alpha value is -2.91. The number of anilines is 1. The number of aromatic nitrogens is 1. The summed E-state index contributed by atoms with van der Waals surface area (Å²) >= 11 is -0.630. The number of carbonyl (C=O) groups excluding carboxylic acids is 1. The maximum absolute atomic E-state index is 12.5. The second kappa shape index (κ2) is 9.70. The number of hydrogen-bond donors (Lipinski definition) is 2. The molecule has 8 heteroatoms. The van der Waals surface area contributed by atoms with Gasteiger partial charge in [-0.15, -0.1) is 11.3 Å². The number of amides is 1. The molecule has 4 aromatic rings. The fraction of sp³-hybridized carbons (Fsp3) is 0.167. The molecule has 1 heterocycles. The van der Waals surface area contributed by atoms with Crippen molar-refractivity contribution >= 4 is 44.4 Å². The van der Waals surface area contributed by atoms with Crippen LogP contribution in [0.3, 0.4) is 0 Å². The van der Waals surface area contributed by atoms with Crippen LogP contribution < -0.4 is 5.32 Å². The molecule has 4 rings (SSSR count). The summed E-state index contributed by atoms with van der Waals surface area (Å²) in [4.78, 5) is 17.1. The largest absolute Gasteiger partial charge is 0.325 e. The second-order valence-electron chi connectivity index (χ2n) is 7.63. The fourth-order valence-electron chi connectivity index (χ4n) is 3.28. The van der Waals surface area contributed by atoms with Crippen molar-refractivity contribution in [2.45, 2.75) is 20.4 Å². The molecule has 1 unspecified atom stereocenters. The zero-order valence-electron chi connectivity index (χ0n) is 17.7. The first-order valence-electron chi connectivity index (χ1n) is 10.1. The molecule has 1 amide bonds. The Bertz CT molecular complexity index is 1270. The van der Waals surface area contributed by atoms with E-state index < -0.39 is 11.3 Å². The Labute approximate surface area is 193 Å². The van der Waals surface area contributed by atoms with Crippen LogP contribution in [0.4, 0.5) is 5.69 Å². The van der Waals surface area contributed by atoms with Crippen molar-refractivity contribution < 1.29 is 13.6 Å². The van der Waals surface area contributed by atoms with Gasteiger partial charge in [0.05, 0.1) is 16.8 Å². The first-order valence-corrected chi connectivity index (χ1v) is 11.9. The molecule has 0 fully saturated rings. The van der Waals surface area contributed by atoms with Gasteiger partial charge >= 0.3 is 0 Å². The number of fused-ring (bicyclic) bond motifs is 1. The third-order valence-corrected chi connectivity index (χ3v) is 6.75. The lowest BCUT2D eigenvalue weighted by Crippen LogP contribution is -2.34. The molecule has 0 aliphatic rings. The Morgan fingerprint density at radius 2 is 1.72 bits per heavy atom. The number of nitrogens with one attached hydrogen (secondary N) is 1. The van der Waals surface area contributed by atoms with E-state index in [9.17, 15) is 13.6 Å². The SMILES string of the molecule is Cc1ccc(CN(CC(=O)Nc2ccc(-c3nc4ccc(C)cc4s3)cc2)S(=O)O)cc1. The number of nitrogens with zero attached hydrogens (tertiary/aromatic N) is 2. The summed E-state index contributed by atoms with van der Waals surface area (Å²) in [5, 5.41) is 3.71. The smallest absolute Gasteiger partial charge is 0.239 e. The lowest BCUT2D eigenvalue weighted by atomic mass is 10.1. The predicted octanol–water partition coefficient (Wildman–Crippen LogP) is 5.16. The zero-order chi connectivity index (χ0) is 22.7. The normalized spacial score (nSPS) is 12.2. The summed E-state index contributed by atoms with van der Waals surface area (Å²) in [6.07, 6.45) is 0. The van der Waals surface area contributed by atoms with Crippen molar-refractivity contribution in [1.82, 2.24) is 9.29 Å². The molecule has 0 aliphatic carbocycles. The highest BCUT2D eigenvalue weighted by molar-refractivity contribution is 7.76. The highest BCUT2D eigenvalue weighted by Crippen LogP contribution is 2.31. The minimum absolute atomic E-state index is 0.198. The average molecular weight is 466 g/mol. The summed E-state index contributed by atoms with van der Waals surface area (Å²) in [5.74, 6) is -0.359. The molecule has 0 aliphatic heterocycles. The molecule has 1 atom stereocenters. The van der Waals surface area contributed by atoms with Gasteiger partial charge in [0.25, 0.3) is 0 Å². The summed E-state index contributed by atoms with van der Waals surface area (Å²) in [7, 11) is 0. The third-order valence-electron chi connectivity index (χ3n) is 4.98. The maximum Gasteiger partial charge on any atom is 0.239 e. The van der Waals surface area contributed by atoms with Crippen LogP contribution >= 0.6 is 11.3 Å². The van der Waals surface area contributed by atoms with Crippen molar-refractivity contribution in [2.24, 2.45) is 0 Å². The van der Waals surface area contributed by atoms with Crippen LogP contribution in [0.15, 0.2) is 66.7 Å². The second-order valence-corrected chi connectivity index (χ2v) is 9.64. The van der Waals surface area contributed by atoms with Gasteiger partial charge in [-0.05, 0) is 61.4 Å². The number of benzene rings is 3. The van der Waals surface area contributed by atoms with Gasteiger partial charge in [0.2, 0.25) is 17.2 Å². The van der Waals surface area contributed by atoms with Gasteiger partial charge in [-0.3, -0.25) is 9.35 Å². The fourth-order valence-corrected chi connectivity index (χ4v) is 4.83. The molecule has 1 aromatic heterocycles. The lowest BCUT2D eigenvalue weighted by Gasteiger charge is -2.17. The van der Waals surface area contributed by atoms with E-state index in [-0.39, 0.29) is 19.0 Å². The van der Waals surface area contributed by atoms with Crippen LogP contribution in [0.2, 0.25) is 0 Å². The highest BCUT2D eigenvalue weighted by atomic mass is 32.2. The molecule has 0 radical (unpaired) electrons. The van der Waals surface area contributed by atoms with Crippen molar-refractivity contribution in [1.29, 1.82) is 0 Å². The van der Waals surface area contributed by atoms with Gasteiger partial charge < -0.3 is 5.32 Å². The van der Waals surface area contributed by atoms with Crippen molar-refractivity contribution in [2.75, 3.05) is 11.9 Å². The summed E-state index contributed by atoms with van der Waals surface area (Å²) in [6.45, 7) is 4.04. The Morgan fingerprint density at radius 1 is 1.03 bits per heavy atom. The van der Waals surface area contributed by atoms with E-state index in [1.165, 1.54) is 9.87 Å². The van der Waals surface area contributed by atoms with Crippen molar-refractivity contribution in [3.8, 4) is 10.6 Å². The summed E-state index contributed by atoms with van der Waals surface area (Å²) in [6, 6.07) is 21.3. The van der Waals surface area contributed by atoms with Gasteiger partial charge in [-0.1, -0.05) is 35.9 Å².